The molecule has 1 aliphatic carbocycles. The summed E-state index contributed by atoms with van der Waals surface area (Å²) in [4.78, 5) is 12.2. The number of carbonyl (C=O) groups excluding carboxylic acids is 1. The van der Waals surface area contributed by atoms with Gasteiger partial charge < -0.3 is 4.74 Å². The van der Waals surface area contributed by atoms with Crippen molar-refractivity contribution < 1.29 is 9.53 Å². The molecule has 1 saturated carbocycles. The molecule has 24 heavy (non-hydrogen) atoms. The minimum absolute atomic E-state index is 0.0238. The van der Waals surface area contributed by atoms with Crippen molar-refractivity contribution in [1.82, 2.24) is 0 Å². The van der Waals surface area contributed by atoms with Gasteiger partial charge in [-0.1, -0.05) is 61.0 Å². The largest absolute Gasteiger partial charge is 0.466 e. The van der Waals surface area contributed by atoms with Gasteiger partial charge in [0, 0.05) is 0 Å². The van der Waals surface area contributed by atoms with Crippen molar-refractivity contribution >= 4 is 5.97 Å². The fraction of sp³-hybridized carbons (Fsp3) is 0.409. The molecular weight excluding hydrogens is 296 g/mol. The summed E-state index contributed by atoms with van der Waals surface area (Å²) in [5.41, 5.74) is 3.66. The maximum atomic E-state index is 12.2. The van der Waals surface area contributed by atoms with Crippen molar-refractivity contribution in [3.05, 3.63) is 60.2 Å². The lowest BCUT2D eigenvalue weighted by Crippen LogP contribution is -2.39. The van der Waals surface area contributed by atoms with E-state index >= 15 is 0 Å². The lowest BCUT2D eigenvalue weighted by molar-refractivity contribution is -0.161. The summed E-state index contributed by atoms with van der Waals surface area (Å²) in [6.07, 6.45) is 6.17. The summed E-state index contributed by atoms with van der Waals surface area (Å²) in [7, 11) is 0. The molecule has 0 radical (unpaired) electrons. The molecule has 126 valence electrons. The Morgan fingerprint density at radius 1 is 1.00 bits per heavy atom. The Bertz CT molecular complexity index is 654. The van der Waals surface area contributed by atoms with Gasteiger partial charge in [-0.15, -0.1) is 0 Å². The molecule has 0 aromatic heterocycles. The molecule has 0 unspecified atom stereocenters. The number of carbonyl (C=O) groups is 1. The molecule has 0 bridgehead atoms. The number of ether oxygens (including phenoxy) is 1. The zero-order valence-corrected chi connectivity index (χ0v) is 14.5. The Morgan fingerprint density at radius 3 is 2.25 bits per heavy atom. The SMILES string of the molecule is CCOC(=O)C1(CCCc2ccc(-c3ccccc3)cc2)CCC1. The Labute approximate surface area is 144 Å². The van der Waals surface area contributed by atoms with Crippen LogP contribution in [0.4, 0.5) is 0 Å². The maximum Gasteiger partial charge on any atom is 0.312 e. The molecule has 0 aliphatic heterocycles. The van der Waals surface area contributed by atoms with Crippen LogP contribution in [0.15, 0.2) is 54.6 Å². The van der Waals surface area contributed by atoms with E-state index in [1.54, 1.807) is 0 Å². The molecule has 0 saturated heterocycles. The smallest absolute Gasteiger partial charge is 0.312 e. The monoisotopic (exact) mass is 322 g/mol. The highest BCUT2D eigenvalue weighted by Gasteiger charge is 2.44. The first kappa shape index (κ1) is 16.8. The molecule has 0 N–H and O–H groups in total. The molecule has 1 fully saturated rings. The maximum absolute atomic E-state index is 12.2. The molecule has 1 aliphatic rings. The van der Waals surface area contributed by atoms with Crippen molar-refractivity contribution in [3.8, 4) is 11.1 Å². The van der Waals surface area contributed by atoms with E-state index in [1.807, 2.05) is 13.0 Å². The highest BCUT2D eigenvalue weighted by atomic mass is 16.5. The standard InChI is InChI=1S/C22H26O2/c1-2-24-21(23)22(16-7-17-22)15-6-8-18-11-13-20(14-12-18)19-9-4-3-5-10-19/h3-5,9-14H,2,6-8,15-17H2,1H3. The summed E-state index contributed by atoms with van der Waals surface area (Å²) < 4.78 is 5.28. The van der Waals surface area contributed by atoms with Gasteiger partial charge in [0.2, 0.25) is 0 Å². The van der Waals surface area contributed by atoms with Crippen molar-refractivity contribution in [3.63, 3.8) is 0 Å². The lowest BCUT2D eigenvalue weighted by Gasteiger charge is -2.39. The van der Waals surface area contributed by atoms with Crippen molar-refractivity contribution in [1.29, 1.82) is 0 Å². The molecule has 2 heteroatoms. The Morgan fingerprint density at radius 2 is 1.67 bits per heavy atom. The van der Waals surface area contributed by atoms with Crippen LogP contribution in [0.25, 0.3) is 11.1 Å². The van der Waals surface area contributed by atoms with Gasteiger partial charge in [0.15, 0.2) is 0 Å². The highest BCUT2D eigenvalue weighted by Crippen LogP contribution is 2.46. The molecule has 2 aromatic rings. The number of esters is 1. The summed E-state index contributed by atoms with van der Waals surface area (Å²) in [6.45, 7) is 2.38. The van der Waals surface area contributed by atoms with Crippen LogP contribution in [0.5, 0.6) is 0 Å². The van der Waals surface area contributed by atoms with E-state index in [4.69, 9.17) is 4.74 Å². The molecule has 0 amide bonds. The van der Waals surface area contributed by atoms with Crippen LogP contribution in [0.3, 0.4) is 0 Å². The van der Waals surface area contributed by atoms with Crippen LogP contribution in [0.1, 0.15) is 44.6 Å². The van der Waals surface area contributed by atoms with Crippen molar-refractivity contribution in [2.45, 2.75) is 45.4 Å². The second kappa shape index (κ2) is 7.65. The second-order valence-electron chi connectivity index (χ2n) is 6.77. The van der Waals surface area contributed by atoms with Gasteiger partial charge in [0.1, 0.15) is 0 Å². The normalized spacial score (nSPS) is 15.5. The average molecular weight is 322 g/mol. The zero-order valence-electron chi connectivity index (χ0n) is 14.5. The fourth-order valence-electron chi connectivity index (χ4n) is 3.57. The van der Waals surface area contributed by atoms with E-state index in [0.717, 1.165) is 38.5 Å². The predicted molar refractivity (Wildman–Crippen MR) is 97.7 cm³/mol. The Hall–Kier alpha value is -2.09. The molecule has 0 atom stereocenters. The minimum Gasteiger partial charge on any atom is -0.466 e. The van der Waals surface area contributed by atoms with Crippen molar-refractivity contribution in [2.24, 2.45) is 5.41 Å². The summed E-state index contributed by atoms with van der Waals surface area (Å²) in [6, 6.07) is 19.2. The number of hydrogen-bond donors (Lipinski definition) is 0. The number of aryl methyl sites for hydroxylation is 1. The van der Waals surface area contributed by atoms with E-state index in [9.17, 15) is 4.79 Å². The van der Waals surface area contributed by atoms with Crippen molar-refractivity contribution in [2.75, 3.05) is 6.61 Å². The minimum atomic E-state index is -0.181. The van der Waals surface area contributed by atoms with Crippen LogP contribution in [0, 0.1) is 5.41 Å². The number of hydrogen-bond acceptors (Lipinski definition) is 2. The quantitative estimate of drug-likeness (QED) is 0.637. The van der Waals surface area contributed by atoms with E-state index in [2.05, 4.69) is 48.5 Å². The predicted octanol–water partition coefficient (Wildman–Crippen LogP) is 5.41. The van der Waals surface area contributed by atoms with E-state index in [1.165, 1.54) is 16.7 Å². The van der Waals surface area contributed by atoms with Gasteiger partial charge in [-0.3, -0.25) is 4.79 Å². The third kappa shape index (κ3) is 3.69. The molecule has 2 nitrogen and oxygen atoms in total. The summed E-state index contributed by atoms with van der Waals surface area (Å²) in [5.74, 6) is 0.0238. The van der Waals surface area contributed by atoms with Crippen LogP contribution < -0.4 is 0 Å². The molecular formula is C22H26O2. The topological polar surface area (TPSA) is 26.3 Å². The third-order valence-corrected chi connectivity index (χ3v) is 5.20. The van der Waals surface area contributed by atoms with Gasteiger partial charge >= 0.3 is 5.97 Å². The lowest BCUT2D eigenvalue weighted by atomic mass is 9.66. The van der Waals surface area contributed by atoms with Gasteiger partial charge in [-0.05, 0) is 55.7 Å². The molecule has 3 rings (SSSR count). The first-order valence-electron chi connectivity index (χ1n) is 9.05. The van der Waals surface area contributed by atoms with Crippen LogP contribution >= 0.6 is 0 Å². The van der Waals surface area contributed by atoms with Crippen LogP contribution in [-0.2, 0) is 16.0 Å². The fourth-order valence-corrected chi connectivity index (χ4v) is 3.57. The first-order valence-corrected chi connectivity index (χ1v) is 9.05. The first-order chi connectivity index (χ1) is 11.7. The Kier molecular flexibility index (Phi) is 5.34. The molecule has 0 heterocycles. The zero-order chi connectivity index (χ0) is 16.8. The summed E-state index contributed by atoms with van der Waals surface area (Å²) in [5, 5.41) is 0. The molecule has 0 spiro atoms. The van der Waals surface area contributed by atoms with Gasteiger partial charge in [0.05, 0.1) is 12.0 Å². The number of rotatable bonds is 7. The van der Waals surface area contributed by atoms with Crippen LogP contribution in [-0.4, -0.2) is 12.6 Å². The highest BCUT2D eigenvalue weighted by molar-refractivity contribution is 5.77. The van der Waals surface area contributed by atoms with Gasteiger partial charge in [-0.2, -0.15) is 0 Å². The third-order valence-electron chi connectivity index (χ3n) is 5.20. The second-order valence-corrected chi connectivity index (χ2v) is 6.77. The van der Waals surface area contributed by atoms with Gasteiger partial charge in [0.25, 0.3) is 0 Å². The summed E-state index contributed by atoms with van der Waals surface area (Å²) >= 11 is 0. The average Bonchev–Trinajstić information content (AvgIpc) is 2.59. The van der Waals surface area contributed by atoms with E-state index < -0.39 is 0 Å². The van der Waals surface area contributed by atoms with Crippen LogP contribution in [0.2, 0.25) is 0 Å². The van der Waals surface area contributed by atoms with E-state index in [-0.39, 0.29) is 11.4 Å². The van der Waals surface area contributed by atoms with E-state index in [0.29, 0.717) is 6.61 Å². The number of benzene rings is 2. The Balaban J connectivity index is 1.54. The van der Waals surface area contributed by atoms with Gasteiger partial charge in [-0.25, -0.2) is 0 Å². The molecule has 2 aromatic carbocycles.